The van der Waals surface area contributed by atoms with Gasteiger partial charge < -0.3 is 4.74 Å². The summed E-state index contributed by atoms with van der Waals surface area (Å²) >= 11 is 0. The van der Waals surface area contributed by atoms with Gasteiger partial charge in [0.05, 0.1) is 7.11 Å². The number of Topliss-reactive ketones (excluding diaryl/α,β-unsaturated/α-hetero) is 1. The number of ketones is 1. The monoisotopic (exact) mass is 388 g/mol. The van der Waals surface area contributed by atoms with Gasteiger partial charge in [0.2, 0.25) is 0 Å². The highest BCUT2D eigenvalue weighted by molar-refractivity contribution is 5.79. The summed E-state index contributed by atoms with van der Waals surface area (Å²) in [5.74, 6) is 5.01. The molecule has 0 aromatic heterocycles. The van der Waals surface area contributed by atoms with Crippen molar-refractivity contribution in [2.75, 3.05) is 7.11 Å². The van der Waals surface area contributed by atoms with E-state index < -0.39 is 0 Å². The molecule has 4 saturated carbocycles. The van der Waals surface area contributed by atoms with Gasteiger partial charge in [0, 0.05) is 19.3 Å². The maximum Gasteiger partial charge on any atom is 0.305 e. The minimum Gasteiger partial charge on any atom is -0.469 e. The molecule has 0 saturated heterocycles. The first-order valence-corrected chi connectivity index (χ1v) is 11.9. The number of carbonyl (C=O) groups excluding carboxylic acids is 2. The lowest BCUT2D eigenvalue weighted by Gasteiger charge is -2.60. The summed E-state index contributed by atoms with van der Waals surface area (Å²) in [6.07, 6.45) is 12.4. The van der Waals surface area contributed by atoms with E-state index in [-0.39, 0.29) is 5.97 Å². The Morgan fingerprint density at radius 3 is 2.57 bits per heavy atom. The van der Waals surface area contributed by atoms with E-state index in [2.05, 4.69) is 20.8 Å². The Labute approximate surface area is 171 Å². The van der Waals surface area contributed by atoms with Crippen molar-refractivity contribution in [3.05, 3.63) is 0 Å². The van der Waals surface area contributed by atoms with Crippen molar-refractivity contribution in [3.8, 4) is 0 Å². The molecule has 4 fully saturated rings. The average molecular weight is 389 g/mol. The largest absolute Gasteiger partial charge is 0.469 e. The molecule has 0 aromatic carbocycles. The second-order valence-corrected chi connectivity index (χ2v) is 11.2. The molecule has 4 aliphatic rings. The Balaban J connectivity index is 1.49. The van der Waals surface area contributed by atoms with Crippen LogP contribution in [0.5, 0.6) is 0 Å². The van der Waals surface area contributed by atoms with E-state index >= 15 is 0 Å². The topological polar surface area (TPSA) is 43.4 Å². The molecule has 0 unspecified atom stereocenters. The van der Waals surface area contributed by atoms with Crippen LogP contribution in [-0.2, 0) is 14.3 Å². The van der Waals surface area contributed by atoms with E-state index in [1.54, 1.807) is 0 Å². The Bertz CT molecular complexity index is 627. The van der Waals surface area contributed by atoms with Crippen molar-refractivity contribution in [3.63, 3.8) is 0 Å². The Morgan fingerprint density at radius 1 is 1.07 bits per heavy atom. The second kappa shape index (κ2) is 7.43. The van der Waals surface area contributed by atoms with Gasteiger partial charge in [-0.1, -0.05) is 20.8 Å². The van der Waals surface area contributed by atoms with Gasteiger partial charge in [-0.15, -0.1) is 0 Å². The standard InChI is InChI=1S/C25H40O3/c1-16(5-10-23(27)28-4)20-8-9-21-19-7-6-17-15-18(26)11-13-24(17,2)22(19)12-14-25(20,21)3/h16-17,19-22H,5-15H2,1-4H3/t16-,17+,19+,20-,21+,22+,24-,25+/m0/s1. The predicted molar refractivity (Wildman–Crippen MR) is 111 cm³/mol. The maximum absolute atomic E-state index is 12.1. The molecule has 0 heterocycles. The summed E-state index contributed by atoms with van der Waals surface area (Å²) in [5, 5.41) is 0. The van der Waals surface area contributed by atoms with Crippen LogP contribution in [0.3, 0.4) is 0 Å². The van der Waals surface area contributed by atoms with Crippen molar-refractivity contribution < 1.29 is 14.3 Å². The third-order valence-corrected chi connectivity index (χ3v) is 10.3. The van der Waals surface area contributed by atoms with Crippen LogP contribution < -0.4 is 0 Å². The molecule has 3 heteroatoms. The van der Waals surface area contributed by atoms with Crippen LogP contribution in [0.4, 0.5) is 0 Å². The van der Waals surface area contributed by atoms with Gasteiger partial charge in [0.15, 0.2) is 0 Å². The summed E-state index contributed by atoms with van der Waals surface area (Å²) in [5.41, 5.74) is 0.858. The van der Waals surface area contributed by atoms with E-state index in [0.29, 0.717) is 34.9 Å². The lowest BCUT2D eigenvalue weighted by molar-refractivity contribution is -0.141. The molecule has 0 radical (unpaired) electrons. The fourth-order valence-corrected chi connectivity index (χ4v) is 8.67. The summed E-state index contributed by atoms with van der Waals surface area (Å²) in [6.45, 7) is 7.49. The Kier molecular flexibility index (Phi) is 5.42. The number of methoxy groups -OCH3 is 1. The van der Waals surface area contributed by atoms with Gasteiger partial charge in [0.25, 0.3) is 0 Å². The van der Waals surface area contributed by atoms with Gasteiger partial charge in [-0.05, 0) is 97.7 Å². The average Bonchev–Trinajstić information content (AvgIpc) is 3.03. The second-order valence-electron chi connectivity index (χ2n) is 11.2. The molecular weight excluding hydrogens is 348 g/mol. The van der Waals surface area contributed by atoms with Crippen LogP contribution in [0.15, 0.2) is 0 Å². The lowest BCUT2D eigenvalue weighted by Crippen LogP contribution is -2.53. The van der Waals surface area contributed by atoms with E-state index in [1.165, 1.54) is 45.6 Å². The fraction of sp³-hybridized carbons (Fsp3) is 0.920. The number of rotatable bonds is 4. The first-order chi connectivity index (χ1) is 13.3. The molecule has 0 bridgehead atoms. The zero-order valence-corrected chi connectivity index (χ0v) is 18.5. The van der Waals surface area contributed by atoms with Crippen molar-refractivity contribution in [1.82, 2.24) is 0 Å². The SMILES string of the molecule is COC(=O)CC[C@H](C)[C@@H]1CC[C@@H]2[C@H]3CC[C@@H]4CC(=O)CC[C@]4(C)[C@@H]3CC[C@@]21C. The van der Waals surface area contributed by atoms with E-state index in [4.69, 9.17) is 4.74 Å². The molecule has 4 aliphatic carbocycles. The number of fused-ring (bicyclic) bond motifs is 5. The highest BCUT2D eigenvalue weighted by atomic mass is 16.5. The molecule has 28 heavy (non-hydrogen) atoms. The number of hydrogen-bond donors (Lipinski definition) is 0. The number of hydrogen-bond acceptors (Lipinski definition) is 3. The van der Waals surface area contributed by atoms with Gasteiger partial charge in [-0.25, -0.2) is 0 Å². The minimum absolute atomic E-state index is 0.0617. The minimum atomic E-state index is -0.0617. The van der Waals surface area contributed by atoms with Crippen LogP contribution in [0, 0.1) is 46.3 Å². The van der Waals surface area contributed by atoms with Gasteiger partial charge in [0.1, 0.15) is 5.78 Å². The molecule has 3 nitrogen and oxygen atoms in total. The molecule has 0 aliphatic heterocycles. The third-order valence-electron chi connectivity index (χ3n) is 10.3. The van der Waals surface area contributed by atoms with Crippen LogP contribution in [0.2, 0.25) is 0 Å². The quantitative estimate of drug-likeness (QED) is 0.571. The highest BCUT2D eigenvalue weighted by Gasteiger charge is 2.60. The van der Waals surface area contributed by atoms with Gasteiger partial charge >= 0.3 is 5.97 Å². The molecule has 4 rings (SSSR count). The molecule has 158 valence electrons. The molecule has 0 amide bonds. The molecule has 0 N–H and O–H groups in total. The first-order valence-electron chi connectivity index (χ1n) is 11.9. The number of ether oxygens (including phenoxy) is 1. The zero-order chi connectivity index (χ0) is 20.1. The van der Waals surface area contributed by atoms with E-state index in [1.807, 2.05) is 0 Å². The van der Waals surface area contributed by atoms with Crippen LogP contribution >= 0.6 is 0 Å². The Morgan fingerprint density at radius 2 is 1.82 bits per heavy atom. The molecule has 0 spiro atoms. The third kappa shape index (κ3) is 3.16. The van der Waals surface area contributed by atoms with E-state index in [9.17, 15) is 9.59 Å². The van der Waals surface area contributed by atoms with Gasteiger partial charge in [-0.2, -0.15) is 0 Å². The lowest BCUT2D eigenvalue weighted by atomic mass is 9.44. The van der Waals surface area contributed by atoms with Crippen molar-refractivity contribution >= 4 is 11.8 Å². The Hall–Kier alpha value is -0.860. The summed E-state index contributed by atoms with van der Waals surface area (Å²) in [6, 6.07) is 0. The zero-order valence-electron chi connectivity index (χ0n) is 18.5. The molecule has 0 aromatic rings. The molecule has 8 atom stereocenters. The van der Waals surface area contributed by atoms with Crippen molar-refractivity contribution in [1.29, 1.82) is 0 Å². The van der Waals surface area contributed by atoms with Crippen LogP contribution in [0.1, 0.15) is 91.4 Å². The summed E-state index contributed by atoms with van der Waals surface area (Å²) in [7, 11) is 1.50. The van der Waals surface area contributed by atoms with Crippen molar-refractivity contribution in [2.24, 2.45) is 46.3 Å². The van der Waals surface area contributed by atoms with Gasteiger partial charge in [-0.3, -0.25) is 9.59 Å². The predicted octanol–water partition coefficient (Wildman–Crippen LogP) is 5.80. The normalized spacial score (nSPS) is 46.3. The first kappa shape index (κ1) is 20.4. The number of esters is 1. The fourth-order valence-electron chi connectivity index (χ4n) is 8.67. The number of carbonyl (C=O) groups is 2. The summed E-state index contributed by atoms with van der Waals surface area (Å²) < 4.78 is 4.87. The van der Waals surface area contributed by atoms with Crippen LogP contribution in [-0.4, -0.2) is 18.9 Å². The van der Waals surface area contributed by atoms with E-state index in [0.717, 1.165) is 49.4 Å². The summed E-state index contributed by atoms with van der Waals surface area (Å²) in [4.78, 5) is 23.7. The molecular formula is C25H40O3. The maximum atomic E-state index is 12.1. The smallest absolute Gasteiger partial charge is 0.305 e. The highest BCUT2D eigenvalue weighted by Crippen LogP contribution is 2.68. The van der Waals surface area contributed by atoms with Crippen molar-refractivity contribution in [2.45, 2.75) is 91.4 Å². The van der Waals surface area contributed by atoms with Crippen LogP contribution in [0.25, 0.3) is 0 Å².